The Bertz CT molecular complexity index is 1110. The van der Waals surface area contributed by atoms with Crippen molar-refractivity contribution in [2.24, 2.45) is 0 Å². The van der Waals surface area contributed by atoms with Gasteiger partial charge in [-0.05, 0) is 39.0 Å². The van der Waals surface area contributed by atoms with Crippen LogP contribution >= 0.6 is 0 Å². The molecule has 0 spiro atoms. The first kappa shape index (κ1) is 18.8. The average Bonchev–Trinajstić information content (AvgIpc) is 3.31. The largest absolute Gasteiger partial charge is 0.336 e. The van der Waals surface area contributed by atoms with Crippen molar-refractivity contribution in [1.29, 1.82) is 0 Å². The van der Waals surface area contributed by atoms with Crippen LogP contribution in [0.25, 0.3) is 16.9 Å². The third kappa shape index (κ3) is 3.61. The molecule has 0 aliphatic carbocycles. The standard InChI is InChI=1S/C21H24N8/c1-5-28-14-23-25-19(28)13-27(4)21-22-12-11-18(24-21)20-15(2)26-29(16(20)3)17-9-7-6-8-10-17/h6-12,14H,5,13H2,1-4H3. The number of para-hydroxylation sites is 1. The van der Waals surface area contributed by atoms with E-state index >= 15 is 0 Å². The molecule has 0 unspecified atom stereocenters. The van der Waals surface area contributed by atoms with Crippen molar-refractivity contribution in [3.8, 4) is 16.9 Å². The first-order valence-electron chi connectivity index (χ1n) is 9.61. The number of rotatable bonds is 6. The Balaban J connectivity index is 1.67. The Morgan fingerprint density at radius 1 is 1.07 bits per heavy atom. The SMILES string of the molecule is CCn1cnnc1CN(C)c1nccc(-c2c(C)nn(-c3ccccc3)c2C)n1. The van der Waals surface area contributed by atoms with Crippen LogP contribution in [0.3, 0.4) is 0 Å². The van der Waals surface area contributed by atoms with Crippen LogP contribution in [0.4, 0.5) is 5.95 Å². The highest BCUT2D eigenvalue weighted by molar-refractivity contribution is 5.66. The topological polar surface area (TPSA) is 77.5 Å². The van der Waals surface area contributed by atoms with E-state index in [4.69, 9.17) is 10.1 Å². The summed E-state index contributed by atoms with van der Waals surface area (Å²) in [5.41, 5.74) is 4.90. The van der Waals surface area contributed by atoms with Gasteiger partial charge in [-0.15, -0.1) is 10.2 Å². The molecule has 0 aliphatic heterocycles. The van der Waals surface area contributed by atoms with E-state index in [1.54, 1.807) is 12.5 Å². The fourth-order valence-corrected chi connectivity index (χ4v) is 3.45. The van der Waals surface area contributed by atoms with E-state index in [0.717, 1.165) is 40.7 Å². The molecular formula is C21H24N8. The Hall–Kier alpha value is -3.55. The van der Waals surface area contributed by atoms with Crippen LogP contribution in [0.15, 0.2) is 48.9 Å². The molecule has 3 heterocycles. The minimum atomic E-state index is 0.582. The van der Waals surface area contributed by atoms with Crippen LogP contribution < -0.4 is 4.90 Å². The van der Waals surface area contributed by atoms with Crippen LogP contribution in [0.2, 0.25) is 0 Å². The van der Waals surface area contributed by atoms with E-state index in [2.05, 4.69) is 29.0 Å². The summed E-state index contributed by atoms with van der Waals surface area (Å²) in [4.78, 5) is 11.2. The maximum Gasteiger partial charge on any atom is 0.226 e. The molecule has 0 bridgehead atoms. The predicted molar refractivity (Wildman–Crippen MR) is 112 cm³/mol. The second-order valence-electron chi connectivity index (χ2n) is 6.92. The lowest BCUT2D eigenvalue weighted by Crippen LogP contribution is -2.21. The molecule has 0 aliphatic rings. The Morgan fingerprint density at radius 2 is 1.86 bits per heavy atom. The highest BCUT2D eigenvalue weighted by Gasteiger charge is 2.17. The summed E-state index contributed by atoms with van der Waals surface area (Å²) in [6.45, 7) is 7.56. The second-order valence-corrected chi connectivity index (χ2v) is 6.92. The molecule has 0 radical (unpaired) electrons. The Morgan fingerprint density at radius 3 is 2.62 bits per heavy atom. The van der Waals surface area contributed by atoms with Gasteiger partial charge >= 0.3 is 0 Å². The molecule has 0 saturated heterocycles. The van der Waals surface area contributed by atoms with Gasteiger partial charge in [0.2, 0.25) is 5.95 Å². The molecule has 0 fully saturated rings. The monoisotopic (exact) mass is 388 g/mol. The predicted octanol–water partition coefficient (Wildman–Crippen LogP) is 3.19. The van der Waals surface area contributed by atoms with Gasteiger partial charge in [-0.2, -0.15) is 5.10 Å². The molecular weight excluding hydrogens is 364 g/mol. The summed E-state index contributed by atoms with van der Waals surface area (Å²) in [6.07, 6.45) is 3.53. The van der Waals surface area contributed by atoms with Crippen molar-refractivity contribution in [2.75, 3.05) is 11.9 Å². The normalized spacial score (nSPS) is 11.0. The van der Waals surface area contributed by atoms with Gasteiger partial charge in [0.05, 0.1) is 29.3 Å². The lowest BCUT2D eigenvalue weighted by molar-refractivity contribution is 0.680. The van der Waals surface area contributed by atoms with Crippen molar-refractivity contribution >= 4 is 5.95 Å². The van der Waals surface area contributed by atoms with Gasteiger partial charge in [0, 0.05) is 25.4 Å². The van der Waals surface area contributed by atoms with Crippen LogP contribution in [0, 0.1) is 13.8 Å². The summed E-state index contributed by atoms with van der Waals surface area (Å²) in [5.74, 6) is 1.52. The van der Waals surface area contributed by atoms with Gasteiger partial charge in [0.25, 0.3) is 0 Å². The highest BCUT2D eigenvalue weighted by Crippen LogP contribution is 2.28. The number of hydrogen-bond donors (Lipinski definition) is 0. The van der Waals surface area contributed by atoms with Gasteiger partial charge in [-0.3, -0.25) is 0 Å². The molecule has 29 heavy (non-hydrogen) atoms. The smallest absolute Gasteiger partial charge is 0.226 e. The molecule has 4 rings (SSSR count). The summed E-state index contributed by atoms with van der Waals surface area (Å²) in [5, 5.41) is 12.9. The molecule has 0 atom stereocenters. The van der Waals surface area contributed by atoms with Crippen molar-refractivity contribution in [3.63, 3.8) is 0 Å². The van der Waals surface area contributed by atoms with Crippen molar-refractivity contribution < 1.29 is 0 Å². The van der Waals surface area contributed by atoms with Gasteiger partial charge in [-0.1, -0.05) is 18.2 Å². The first-order valence-corrected chi connectivity index (χ1v) is 9.61. The van der Waals surface area contributed by atoms with Gasteiger partial charge in [0.15, 0.2) is 5.82 Å². The summed E-state index contributed by atoms with van der Waals surface area (Å²) in [7, 11) is 1.96. The zero-order chi connectivity index (χ0) is 20.4. The Labute approximate surface area is 169 Å². The minimum absolute atomic E-state index is 0.582. The van der Waals surface area contributed by atoms with Gasteiger partial charge in [-0.25, -0.2) is 14.6 Å². The number of hydrogen-bond acceptors (Lipinski definition) is 6. The fourth-order valence-electron chi connectivity index (χ4n) is 3.45. The lowest BCUT2D eigenvalue weighted by atomic mass is 10.1. The molecule has 0 N–H and O–H groups in total. The number of anilines is 1. The van der Waals surface area contributed by atoms with Crippen molar-refractivity contribution in [1.82, 2.24) is 34.5 Å². The van der Waals surface area contributed by atoms with E-state index in [9.17, 15) is 0 Å². The zero-order valence-electron chi connectivity index (χ0n) is 17.1. The highest BCUT2D eigenvalue weighted by atomic mass is 15.3. The number of aryl methyl sites for hydroxylation is 2. The summed E-state index contributed by atoms with van der Waals surface area (Å²) in [6, 6.07) is 12.1. The van der Waals surface area contributed by atoms with Gasteiger partial charge < -0.3 is 9.47 Å². The second kappa shape index (κ2) is 7.83. The van der Waals surface area contributed by atoms with E-state index < -0.39 is 0 Å². The molecule has 4 aromatic rings. The van der Waals surface area contributed by atoms with Crippen LogP contribution in [0.5, 0.6) is 0 Å². The molecule has 8 nitrogen and oxygen atoms in total. The third-order valence-electron chi connectivity index (χ3n) is 4.95. The van der Waals surface area contributed by atoms with Crippen LogP contribution in [-0.2, 0) is 13.1 Å². The van der Waals surface area contributed by atoms with Crippen LogP contribution in [-0.4, -0.2) is 41.6 Å². The van der Waals surface area contributed by atoms with E-state index in [1.165, 1.54) is 0 Å². The minimum Gasteiger partial charge on any atom is -0.336 e. The summed E-state index contributed by atoms with van der Waals surface area (Å²) >= 11 is 0. The summed E-state index contributed by atoms with van der Waals surface area (Å²) < 4.78 is 3.97. The number of benzene rings is 1. The molecule has 0 amide bonds. The molecule has 148 valence electrons. The molecule has 3 aromatic heterocycles. The average molecular weight is 388 g/mol. The lowest BCUT2D eigenvalue weighted by Gasteiger charge is -2.17. The van der Waals surface area contributed by atoms with Crippen LogP contribution in [0.1, 0.15) is 24.1 Å². The number of aromatic nitrogens is 7. The fraction of sp³-hybridized carbons (Fsp3) is 0.286. The number of nitrogens with zero attached hydrogens (tertiary/aromatic N) is 8. The van der Waals surface area contributed by atoms with Crippen molar-refractivity contribution in [3.05, 3.63) is 66.1 Å². The van der Waals surface area contributed by atoms with Crippen molar-refractivity contribution in [2.45, 2.75) is 33.9 Å². The molecule has 1 aromatic carbocycles. The molecule has 8 heteroatoms. The maximum absolute atomic E-state index is 4.81. The zero-order valence-corrected chi connectivity index (χ0v) is 17.1. The first-order chi connectivity index (χ1) is 14.1. The van der Waals surface area contributed by atoms with E-state index in [-0.39, 0.29) is 0 Å². The van der Waals surface area contributed by atoms with Gasteiger partial charge in [0.1, 0.15) is 6.33 Å². The van der Waals surface area contributed by atoms with E-state index in [1.807, 2.05) is 64.5 Å². The molecule has 0 saturated carbocycles. The Kier molecular flexibility index (Phi) is 5.07. The quantitative estimate of drug-likeness (QED) is 0.505. The van der Waals surface area contributed by atoms with E-state index in [0.29, 0.717) is 12.5 Å². The third-order valence-corrected chi connectivity index (χ3v) is 4.95. The maximum atomic E-state index is 4.81.